The molecule has 2 saturated carbocycles. The third-order valence-electron chi connectivity index (χ3n) is 5.98. The van der Waals surface area contributed by atoms with E-state index in [4.69, 9.17) is 5.73 Å². The molecule has 0 aromatic carbocycles. The lowest BCUT2D eigenvalue weighted by Crippen LogP contribution is -2.42. The van der Waals surface area contributed by atoms with Crippen molar-refractivity contribution in [1.29, 1.82) is 0 Å². The van der Waals surface area contributed by atoms with Crippen molar-refractivity contribution in [3.8, 4) is 0 Å². The van der Waals surface area contributed by atoms with E-state index >= 15 is 4.39 Å². The second kappa shape index (κ2) is 8.23. The molecular formula is C20H30FN3O2. The van der Waals surface area contributed by atoms with Gasteiger partial charge in [0.1, 0.15) is 5.67 Å². The zero-order valence-corrected chi connectivity index (χ0v) is 15.3. The minimum Gasteiger partial charge on any atom is -0.369 e. The first-order valence-electron chi connectivity index (χ1n) is 9.82. The molecule has 6 heteroatoms. The lowest BCUT2D eigenvalue weighted by Gasteiger charge is -2.35. The number of rotatable bonds is 7. The Morgan fingerprint density at radius 1 is 0.962 bits per heavy atom. The lowest BCUT2D eigenvalue weighted by molar-refractivity contribution is -0.124. The van der Waals surface area contributed by atoms with Crippen molar-refractivity contribution in [2.75, 3.05) is 13.1 Å². The number of carbonyl (C=O) groups is 2. The normalized spacial score (nSPS) is 33.7. The van der Waals surface area contributed by atoms with Gasteiger partial charge in [-0.3, -0.25) is 4.79 Å². The standard InChI is InChI=1S/C20H30FN3O2/c21-20(10-2-1-3-17(20)18(22)25)11-14-4-6-15(7-5-14)12-23-19(26)24-13-16-8-9-16/h1-3,10,14-17H,4-9,11-13H2,(H2,22,25)(H2,23,24,26). The molecule has 4 N–H and O–H groups in total. The van der Waals surface area contributed by atoms with E-state index < -0.39 is 17.5 Å². The van der Waals surface area contributed by atoms with Crippen LogP contribution in [0, 0.1) is 23.7 Å². The number of allylic oxidation sites excluding steroid dienone is 3. The fourth-order valence-electron chi connectivity index (χ4n) is 4.12. The topological polar surface area (TPSA) is 84.2 Å². The summed E-state index contributed by atoms with van der Waals surface area (Å²) in [4.78, 5) is 23.3. The Balaban J connectivity index is 1.39. The number of primary amides is 1. The van der Waals surface area contributed by atoms with Crippen LogP contribution in [0.4, 0.5) is 9.18 Å². The van der Waals surface area contributed by atoms with Gasteiger partial charge in [-0.15, -0.1) is 0 Å². The van der Waals surface area contributed by atoms with Crippen molar-refractivity contribution in [3.05, 3.63) is 24.3 Å². The number of carbonyl (C=O) groups excluding carboxylic acids is 2. The average molecular weight is 363 g/mol. The molecule has 0 radical (unpaired) electrons. The number of amides is 3. The van der Waals surface area contributed by atoms with Crippen molar-refractivity contribution in [1.82, 2.24) is 10.6 Å². The van der Waals surface area contributed by atoms with Crippen LogP contribution in [0.2, 0.25) is 0 Å². The lowest BCUT2D eigenvalue weighted by atomic mass is 9.72. The second-order valence-electron chi connectivity index (χ2n) is 8.18. The van der Waals surface area contributed by atoms with E-state index in [0.29, 0.717) is 24.8 Å². The summed E-state index contributed by atoms with van der Waals surface area (Å²) in [5, 5.41) is 5.87. The van der Waals surface area contributed by atoms with Gasteiger partial charge < -0.3 is 16.4 Å². The predicted molar refractivity (Wildman–Crippen MR) is 99.0 cm³/mol. The predicted octanol–water partition coefficient (Wildman–Crippen LogP) is 2.83. The maximum absolute atomic E-state index is 15.3. The zero-order chi connectivity index (χ0) is 18.6. The van der Waals surface area contributed by atoms with Crippen molar-refractivity contribution in [2.45, 2.75) is 50.6 Å². The summed E-state index contributed by atoms with van der Waals surface area (Å²) < 4.78 is 15.3. The van der Waals surface area contributed by atoms with E-state index in [1.807, 2.05) is 0 Å². The molecule has 2 atom stereocenters. The van der Waals surface area contributed by atoms with Crippen molar-refractivity contribution < 1.29 is 14.0 Å². The molecule has 3 aliphatic carbocycles. The summed E-state index contributed by atoms with van der Waals surface area (Å²) in [6.07, 6.45) is 13.0. The van der Waals surface area contributed by atoms with Crippen LogP contribution in [0.5, 0.6) is 0 Å². The average Bonchev–Trinajstić information content (AvgIpc) is 3.43. The Kier molecular flexibility index (Phi) is 5.99. The number of nitrogens with two attached hydrogens (primary N) is 1. The molecule has 3 aliphatic rings. The molecule has 144 valence electrons. The quantitative estimate of drug-likeness (QED) is 0.650. The van der Waals surface area contributed by atoms with Crippen molar-refractivity contribution >= 4 is 11.9 Å². The number of halogens is 1. The third kappa shape index (κ3) is 5.08. The fourth-order valence-corrected chi connectivity index (χ4v) is 4.12. The van der Waals surface area contributed by atoms with E-state index in [1.54, 1.807) is 18.2 Å². The Morgan fingerprint density at radius 2 is 1.50 bits per heavy atom. The van der Waals surface area contributed by atoms with Gasteiger partial charge in [-0.25, -0.2) is 9.18 Å². The summed E-state index contributed by atoms with van der Waals surface area (Å²) in [5.74, 6) is -0.109. The molecule has 3 rings (SSSR count). The van der Waals surface area contributed by atoms with Gasteiger partial charge in [0.2, 0.25) is 5.91 Å². The molecule has 0 aliphatic heterocycles. The van der Waals surface area contributed by atoms with Crippen LogP contribution in [-0.4, -0.2) is 30.7 Å². The number of nitrogens with one attached hydrogen (secondary N) is 2. The molecule has 0 aromatic heterocycles. The van der Waals surface area contributed by atoms with Gasteiger partial charge in [0.15, 0.2) is 0 Å². The Bertz CT molecular complexity index is 580. The van der Waals surface area contributed by atoms with Crippen molar-refractivity contribution in [3.63, 3.8) is 0 Å². The maximum atomic E-state index is 15.3. The first-order chi connectivity index (χ1) is 12.5. The highest BCUT2D eigenvalue weighted by molar-refractivity contribution is 5.80. The van der Waals surface area contributed by atoms with Gasteiger partial charge in [0, 0.05) is 13.1 Å². The van der Waals surface area contributed by atoms with Crippen LogP contribution in [0.15, 0.2) is 24.3 Å². The molecular weight excluding hydrogens is 333 g/mol. The fraction of sp³-hybridized carbons (Fsp3) is 0.700. The minimum atomic E-state index is -1.67. The highest BCUT2D eigenvalue weighted by Crippen LogP contribution is 2.40. The number of hydrogen-bond donors (Lipinski definition) is 3. The zero-order valence-electron chi connectivity index (χ0n) is 15.3. The van der Waals surface area contributed by atoms with E-state index in [-0.39, 0.29) is 11.9 Å². The Hall–Kier alpha value is -1.85. The van der Waals surface area contributed by atoms with Crippen LogP contribution in [0.1, 0.15) is 44.9 Å². The van der Waals surface area contributed by atoms with Gasteiger partial charge in [0.05, 0.1) is 5.92 Å². The molecule has 5 nitrogen and oxygen atoms in total. The van der Waals surface area contributed by atoms with Crippen molar-refractivity contribution in [2.24, 2.45) is 29.4 Å². The van der Waals surface area contributed by atoms with Gasteiger partial charge in [0.25, 0.3) is 0 Å². The van der Waals surface area contributed by atoms with Gasteiger partial charge >= 0.3 is 6.03 Å². The van der Waals surface area contributed by atoms with Gasteiger partial charge in [-0.05, 0) is 68.8 Å². The highest BCUT2D eigenvalue weighted by atomic mass is 19.1. The van der Waals surface area contributed by atoms with Gasteiger partial charge in [-0.1, -0.05) is 18.2 Å². The van der Waals surface area contributed by atoms with Crippen LogP contribution in [-0.2, 0) is 4.79 Å². The van der Waals surface area contributed by atoms with Crippen LogP contribution >= 0.6 is 0 Å². The summed E-state index contributed by atoms with van der Waals surface area (Å²) in [5.41, 5.74) is 3.71. The first kappa shape index (κ1) is 18.9. The highest BCUT2D eigenvalue weighted by Gasteiger charge is 2.42. The summed E-state index contributed by atoms with van der Waals surface area (Å²) in [7, 11) is 0. The molecule has 0 bridgehead atoms. The largest absolute Gasteiger partial charge is 0.369 e. The Labute approximate surface area is 154 Å². The molecule has 0 spiro atoms. The number of alkyl halides is 1. The first-order valence-corrected chi connectivity index (χ1v) is 9.82. The van der Waals surface area contributed by atoms with Crippen LogP contribution < -0.4 is 16.4 Å². The molecule has 2 unspecified atom stereocenters. The molecule has 0 saturated heterocycles. The molecule has 0 aromatic rings. The van der Waals surface area contributed by atoms with E-state index in [2.05, 4.69) is 10.6 Å². The Morgan fingerprint density at radius 3 is 2.04 bits per heavy atom. The van der Waals surface area contributed by atoms with Crippen LogP contribution in [0.25, 0.3) is 0 Å². The minimum absolute atomic E-state index is 0.0786. The molecule has 2 fully saturated rings. The van der Waals surface area contributed by atoms with Gasteiger partial charge in [-0.2, -0.15) is 0 Å². The smallest absolute Gasteiger partial charge is 0.314 e. The van der Waals surface area contributed by atoms with E-state index in [1.165, 1.54) is 18.9 Å². The second-order valence-corrected chi connectivity index (χ2v) is 8.18. The summed E-state index contributed by atoms with van der Waals surface area (Å²) in [6, 6.07) is -0.0786. The van der Waals surface area contributed by atoms with E-state index in [9.17, 15) is 9.59 Å². The monoisotopic (exact) mass is 363 g/mol. The SMILES string of the molecule is NC(=O)C1C=CC=CC1(F)CC1CCC(CNC(=O)NCC2CC2)CC1. The van der Waals surface area contributed by atoms with E-state index in [0.717, 1.165) is 32.2 Å². The van der Waals surface area contributed by atoms with Crippen LogP contribution in [0.3, 0.4) is 0 Å². The number of urea groups is 1. The third-order valence-corrected chi connectivity index (χ3v) is 5.98. The summed E-state index contributed by atoms with van der Waals surface area (Å²) in [6.45, 7) is 1.46. The molecule has 3 amide bonds. The molecule has 0 heterocycles. The maximum Gasteiger partial charge on any atom is 0.314 e. The molecule has 26 heavy (non-hydrogen) atoms. The summed E-state index contributed by atoms with van der Waals surface area (Å²) >= 11 is 0. The number of hydrogen-bond acceptors (Lipinski definition) is 2.